The SMILES string of the molecule is CCCCCCCCCCOC1(C)COCCOCCOCCCO1. The lowest BCUT2D eigenvalue weighted by molar-refractivity contribution is -0.252. The van der Waals surface area contributed by atoms with Gasteiger partial charge in [-0.1, -0.05) is 51.9 Å². The Morgan fingerprint density at radius 3 is 2.04 bits per heavy atom. The van der Waals surface area contributed by atoms with Gasteiger partial charge < -0.3 is 23.7 Å². The fourth-order valence-electron chi connectivity index (χ4n) is 2.80. The fourth-order valence-corrected chi connectivity index (χ4v) is 2.80. The highest BCUT2D eigenvalue weighted by Gasteiger charge is 2.26. The minimum Gasteiger partial charge on any atom is -0.379 e. The highest BCUT2D eigenvalue weighted by Crippen LogP contribution is 2.16. The lowest BCUT2D eigenvalue weighted by atomic mass is 10.1. The van der Waals surface area contributed by atoms with Gasteiger partial charge in [-0.3, -0.25) is 0 Å². The van der Waals surface area contributed by atoms with E-state index in [-0.39, 0.29) is 0 Å². The molecule has 0 N–H and O–H groups in total. The maximum Gasteiger partial charge on any atom is 0.188 e. The predicted octanol–water partition coefficient (Wildman–Crippen LogP) is 4.33. The molecular formula is C20H40O5. The Labute approximate surface area is 154 Å². The van der Waals surface area contributed by atoms with E-state index in [1.807, 2.05) is 6.92 Å². The lowest BCUT2D eigenvalue weighted by Crippen LogP contribution is -2.39. The monoisotopic (exact) mass is 360 g/mol. The van der Waals surface area contributed by atoms with Gasteiger partial charge in [0.25, 0.3) is 0 Å². The summed E-state index contributed by atoms with van der Waals surface area (Å²) in [4.78, 5) is 0. The van der Waals surface area contributed by atoms with E-state index in [1.54, 1.807) is 0 Å². The van der Waals surface area contributed by atoms with Crippen LogP contribution in [0, 0.1) is 0 Å². The predicted molar refractivity (Wildman–Crippen MR) is 100.0 cm³/mol. The maximum absolute atomic E-state index is 6.02. The Morgan fingerprint density at radius 1 is 0.720 bits per heavy atom. The molecule has 1 saturated heterocycles. The van der Waals surface area contributed by atoms with Gasteiger partial charge in [0, 0.05) is 6.61 Å². The van der Waals surface area contributed by atoms with Gasteiger partial charge in [0.2, 0.25) is 0 Å². The number of hydrogen-bond acceptors (Lipinski definition) is 5. The van der Waals surface area contributed by atoms with Crippen molar-refractivity contribution in [2.24, 2.45) is 0 Å². The Morgan fingerprint density at radius 2 is 1.32 bits per heavy atom. The van der Waals surface area contributed by atoms with E-state index in [0.717, 1.165) is 19.4 Å². The average molecular weight is 361 g/mol. The Hall–Kier alpha value is -0.200. The van der Waals surface area contributed by atoms with Crippen LogP contribution in [0.1, 0.15) is 71.6 Å². The quantitative estimate of drug-likeness (QED) is 0.543. The molecule has 0 bridgehead atoms. The third-order valence-electron chi connectivity index (χ3n) is 4.35. The van der Waals surface area contributed by atoms with Crippen molar-refractivity contribution in [1.29, 1.82) is 0 Å². The number of ether oxygens (including phenoxy) is 5. The van der Waals surface area contributed by atoms with E-state index in [9.17, 15) is 0 Å². The first kappa shape index (κ1) is 22.8. The molecule has 1 aliphatic heterocycles. The summed E-state index contributed by atoms with van der Waals surface area (Å²) in [6.07, 6.45) is 11.2. The fraction of sp³-hybridized carbons (Fsp3) is 1.00. The van der Waals surface area contributed by atoms with Crippen molar-refractivity contribution in [3.05, 3.63) is 0 Å². The van der Waals surface area contributed by atoms with Gasteiger partial charge in [0.05, 0.1) is 39.6 Å². The molecule has 0 aromatic carbocycles. The molecule has 1 unspecified atom stereocenters. The zero-order valence-corrected chi connectivity index (χ0v) is 16.6. The summed E-state index contributed by atoms with van der Waals surface area (Å²) >= 11 is 0. The molecule has 5 heteroatoms. The van der Waals surface area contributed by atoms with Crippen molar-refractivity contribution < 1.29 is 23.7 Å². The zero-order chi connectivity index (χ0) is 18.1. The van der Waals surface area contributed by atoms with Gasteiger partial charge in [0.15, 0.2) is 5.79 Å². The summed E-state index contributed by atoms with van der Waals surface area (Å²) in [6, 6.07) is 0. The van der Waals surface area contributed by atoms with E-state index in [4.69, 9.17) is 23.7 Å². The van der Waals surface area contributed by atoms with E-state index in [0.29, 0.717) is 46.2 Å². The van der Waals surface area contributed by atoms with E-state index >= 15 is 0 Å². The number of hydrogen-bond donors (Lipinski definition) is 0. The third kappa shape index (κ3) is 13.6. The molecule has 0 aromatic rings. The second kappa shape index (κ2) is 16.0. The molecular weight excluding hydrogens is 320 g/mol. The Kier molecular flexibility index (Phi) is 14.6. The molecule has 1 rings (SSSR count). The van der Waals surface area contributed by atoms with Crippen LogP contribution in [0.25, 0.3) is 0 Å². The topological polar surface area (TPSA) is 46.2 Å². The van der Waals surface area contributed by atoms with Crippen LogP contribution in [0.15, 0.2) is 0 Å². The van der Waals surface area contributed by atoms with Crippen molar-refractivity contribution in [1.82, 2.24) is 0 Å². The number of unbranched alkanes of at least 4 members (excludes halogenated alkanes) is 7. The Balaban J connectivity index is 2.14. The van der Waals surface area contributed by atoms with E-state index in [2.05, 4.69) is 6.92 Å². The van der Waals surface area contributed by atoms with Crippen molar-refractivity contribution in [2.75, 3.05) is 52.9 Å². The molecule has 0 saturated carbocycles. The molecule has 1 aliphatic rings. The minimum atomic E-state index is -0.671. The van der Waals surface area contributed by atoms with Crippen LogP contribution in [-0.4, -0.2) is 58.6 Å². The van der Waals surface area contributed by atoms with Crippen LogP contribution in [-0.2, 0) is 23.7 Å². The van der Waals surface area contributed by atoms with Crippen LogP contribution >= 0.6 is 0 Å². The summed E-state index contributed by atoms with van der Waals surface area (Å²) in [7, 11) is 0. The van der Waals surface area contributed by atoms with E-state index in [1.165, 1.54) is 44.9 Å². The second-order valence-corrected chi connectivity index (χ2v) is 6.94. The van der Waals surface area contributed by atoms with Crippen molar-refractivity contribution in [3.8, 4) is 0 Å². The van der Waals surface area contributed by atoms with Crippen LogP contribution in [0.3, 0.4) is 0 Å². The zero-order valence-electron chi connectivity index (χ0n) is 16.6. The first-order valence-electron chi connectivity index (χ1n) is 10.3. The normalized spacial score (nSPS) is 24.2. The van der Waals surface area contributed by atoms with Crippen molar-refractivity contribution in [3.63, 3.8) is 0 Å². The molecule has 0 radical (unpaired) electrons. The Bertz CT molecular complexity index is 271. The molecule has 0 aromatic heterocycles. The smallest absolute Gasteiger partial charge is 0.188 e. The van der Waals surface area contributed by atoms with Gasteiger partial charge >= 0.3 is 0 Å². The second-order valence-electron chi connectivity index (χ2n) is 6.94. The summed E-state index contributed by atoms with van der Waals surface area (Å²) in [5, 5.41) is 0. The highest BCUT2D eigenvalue weighted by atomic mass is 16.7. The molecule has 0 spiro atoms. The summed E-state index contributed by atoms with van der Waals surface area (Å²) in [6.45, 7) is 9.10. The lowest BCUT2D eigenvalue weighted by Gasteiger charge is -2.30. The van der Waals surface area contributed by atoms with Crippen LogP contribution in [0.4, 0.5) is 0 Å². The molecule has 0 amide bonds. The molecule has 150 valence electrons. The molecule has 5 nitrogen and oxygen atoms in total. The van der Waals surface area contributed by atoms with Crippen molar-refractivity contribution >= 4 is 0 Å². The third-order valence-corrected chi connectivity index (χ3v) is 4.35. The van der Waals surface area contributed by atoms with Gasteiger partial charge in [-0.15, -0.1) is 0 Å². The molecule has 1 atom stereocenters. The number of rotatable bonds is 10. The van der Waals surface area contributed by atoms with Gasteiger partial charge in [-0.05, 0) is 19.8 Å². The molecule has 0 aliphatic carbocycles. The standard InChI is InChI=1S/C20H40O5/c1-3-4-5-6-7-8-9-10-13-24-20(2)19-23-18-17-22-16-15-21-12-11-14-25-20/h3-19H2,1-2H3. The minimum absolute atomic E-state index is 0.439. The van der Waals surface area contributed by atoms with Gasteiger partial charge in [-0.25, -0.2) is 0 Å². The van der Waals surface area contributed by atoms with Gasteiger partial charge in [0.1, 0.15) is 6.61 Å². The first-order valence-corrected chi connectivity index (χ1v) is 10.3. The first-order chi connectivity index (χ1) is 12.3. The highest BCUT2D eigenvalue weighted by molar-refractivity contribution is 4.63. The van der Waals surface area contributed by atoms with Crippen LogP contribution in [0.5, 0.6) is 0 Å². The van der Waals surface area contributed by atoms with E-state index < -0.39 is 5.79 Å². The molecule has 25 heavy (non-hydrogen) atoms. The summed E-state index contributed by atoms with van der Waals surface area (Å²) in [5.74, 6) is -0.671. The van der Waals surface area contributed by atoms with Gasteiger partial charge in [-0.2, -0.15) is 0 Å². The maximum atomic E-state index is 6.02. The largest absolute Gasteiger partial charge is 0.379 e. The summed E-state index contributed by atoms with van der Waals surface area (Å²) < 4.78 is 28.6. The van der Waals surface area contributed by atoms with Crippen molar-refractivity contribution in [2.45, 2.75) is 77.4 Å². The molecule has 1 fully saturated rings. The summed E-state index contributed by atoms with van der Waals surface area (Å²) in [5.41, 5.74) is 0. The molecule has 1 heterocycles. The van der Waals surface area contributed by atoms with Crippen LogP contribution in [0.2, 0.25) is 0 Å². The average Bonchev–Trinajstić information content (AvgIpc) is 2.63. The van der Waals surface area contributed by atoms with Crippen LogP contribution < -0.4 is 0 Å².